The van der Waals surface area contributed by atoms with Gasteiger partial charge in [-0.3, -0.25) is 4.79 Å². The van der Waals surface area contributed by atoms with Crippen molar-refractivity contribution < 1.29 is 32.9 Å². The predicted molar refractivity (Wildman–Crippen MR) is 59.9 cm³/mol. The molecule has 0 heterocycles. The molecule has 0 aliphatic carbocycles. The van der Waals surface area contributed by atoms with Crippen LogP contribution in [0.25, 0.3) is 0 Å². The summed E-state index contributed by atoms with van der Waals surface area (Å²) in [5.41, 5.74) is 0.443. The van der Waals surface area contributed by atoms with Crippen LogP contribution in [0.4, 0.5) is 18.9 Å². The Balaban J connectivity index is 2.46. The van der Waals surface area contributed by atoms with Crippen LogP contribution in [-0.2, 0) is 4.79 Å². The summed E-state index contributed by atoms with van der Waals surface area (Å²) in [5.74, 6) is -1.49. The van der Waals surface area contributed by atoms with Gasteiger partial charge in [-0.1, -0.05) is 0 Å². The lowest BCUT2D eigenvalue weighted by Crippen LogP contribution is -2.22. The molecule has 1 aromatic rings. The third kappa shape index (κ3) is 6.51. The van der Waals surface area contributed by atoms with Crippen molar-refractivity contribution in [3.05, 3.63) is 24.3 Å². The first-order valence-electron chi connectivity index (χ1n) is 5.26. The van der Waals surface area contributed by atoms with Crippen LogP contribution in [0.1, 0.15) is 6.42 Å². The van der Waals surface area contributed by atoms with Gasteiger partial charge < -0.3 is 20.3 Å². The zero-order valence-electron chi connectivity index (χ0n) is 9.65. The molecule has 106 valence electrons. The van der Waals surface area contributed by atoms with Gasteiger partial charge in [-0.05, 0) is 24.3 Å². The van der Waals surface area contributed by atoms with Gasteiger partial charge in [0.05, 0.1) is 12.5 Å². The molecule has 0 aliphatic heterocycles. The van der Waals surface area contributed by atoms with E-state index in [9.17, 15) is 23.1 Å². The number of aliphatic carboxylic acids is 1. The molecule has 19 heavy (non-hydrogen) atoms. The number of hydrogen-bond donors (Lipinski definition) is 3. The van der Waals surface area contributed by atoms with E-state index in [1.165, 1.54) is 12.1 Å². The topological polar surface area (TPSA) is 78.8 Å². The Hall–Kier alpha value is -1.96. The fourth-order valence-electron chi connectivity index (χ4n) is 1.28. The van der Waals surface area contributed by atoms with Gasteiger partial charge in [0.2, 0.25) is 0 Å². The molecule has 8 heteroatoms. The maximum Gasteiger partial charge on any atom is 0.573 e. The average Bonchev–Trinajstić information content (AvgIpc) is 2.25. The molecule has 0 aromatic heterocycles. The zero-order chi connectivity index (χ0) is 14.5. The lowest BCUT2D eigenvalue weighted by Gasteiger charge is -2.12. The maximum absolute atomic E-state index is 11.9. The van der Waals surface area contributed by atoms with Gasteiger partial charge in [-0.2, -0.15) is 0 Å². The molecule has 1 aromatic carbocycles. The van der Waals surface area contributed by atoms with Gasteiger partial charge in [-0.25, -0.2) is 0 Å². The summed E-state index contributed by atoms with van der Waals surface area (Å²) < 4.78 is 39.4. The van der Waals surface area contributed by atoms with Crippen molar-refractivity contribution >= 4 is 11.7 Å². The number of carbonyl (C=O) groups is 1. The molecule has 0 saturated carbocycles. The lowest BCUT2D eigenvalue weighted by molar-refractivity contribution is -0.274. The minimum absolute atomic E-state index is 0.0220. The summed E-state index contributed by atoms with van der Waals surface area (Å²) in [7, 11) is 0. The van der Waals surface area contributed by atoms with Crippen molar-refractivity contribution in [2.75, 3.05) is 11.9 Å². The van der Waals surface area contributed by atoms with E-state index in [1.807, 2.05) is 0 Å². The Labute approximate surface area is 106 Å². The van der Waals surface area contributed by atoms with E-state index in [0.717, 1.165) is 12.1 Å². The first-order valence-corrected chi connectivity index (χ1v) is 5.26. The second-order valence-corrected chi connectivity index (χ2v) is 3.70. The Morgan fingerprint density at radius 1 is 1.32 bits per heavy atom. The van der Waals surface area contributed by atoms with Crippen molar-refractivity contribution in [3.63, 3.8) is 0 Å². The minimum atomic E-state index is -4.74. The third-order valence-electron chi connectivity index (χ3n) is 2.04. The van der Waals surface area contributed by atoms with Crippen LogP contribution in [0.2, 0.25) is 0 Å². The van der Waals surface area contributed by atoms with E-state index in [0.29, 0.717) is 5.69 Å². The van der Waals surface area contributed by atoms with Crippen LogP contribution in [0.5, 0.6) is 5.75 Å². The molecule has 0 spiro atoms. The van der Waals surface area contributed by atoms with E-state index in [2.05, 4.69) is 10.1 Å². The van der Waals surface area contributed by atoms with Gasteiger partial charge in [0.15, 0.2) is 0 Å². The van der Waals surface area contributed by atoms with E-state index in [4.69, 9.17) is 5.11 Å². The van der Waals surface area contributed by atoms with Crippen LogP contribution in [0, 0.1) is 0 Å². The van der Waals surface area contributed by atoms with Crippen molar-refractivity contribution in [1.29, 1.82) is 0 Å². The number of benzene rings is 1. The van der Waals surface area contributed by atoms with Crippen molar-refractivity contribution in [2.24, 2.45) is 0 Å². The highest BCUT2D eigenvalue weighted by atomic mass is 19.4. The summed E-state index contributed by atoms with van der Waals surface area (Å²) in [6, 6.07) is 4.88. The lowest BCUT2D eigenvalue weighted by atomic mass is 10.2. The largest absolute Gasteiger partial charge is 0.573 e. The summed E-state index contributed by atoms with van der Waals surface area (Å²) in [4.78, 5) is 10.3. The standard InChI is InChI=1S/C11H12F3NO4/c12-11(13,14)19-9-3-1-7(2-4-9)15-6-8(16)5-10(17)18/h1-4,8,15-16H,5-6H2,(H,17,18). The smallest absolute Gasteiger partial charge is 0.481 e. The zero-order valence-corrected chi connectivity index (χ0v) is 9.65. The highest BCUT2D eigenvalue weighted by molar-refractivity contribution is 5.67. The highest BCUT2D eigenvalue weighted by Crippen LogP contribution is 2.23. The molecule has 0 fully saturated rings. The predicted octanol–water partition coefficient (Wildman–Crippen LogP) is 1.83. The number of hydrogen-bond acceptors (Lipinski definition) is 4. The normalized spacial score (nSPS) is 12.8. The number of carboxylic acids is 1. The molecular weight excluding hydrogens is 267 g/mol. The van der Waals surface area contributed by atoms with Crippen LogP contribution in [0.15, 0.2) is 24.3 Å². The van der Waals surface area contributed by atoms with Crippen molar-refractivity contribution in [3.8, 4) is 5.75 Å². The fraction of sp³-hybridized carbons (Fsp3) is 0.364. The number of ether oxygens (including phenoxy) is 1. The number of halogens is 3. The second-order valence-electron chi connectivity index (χ2n) is 3.70. The van der Waals surface area contributed by atoms with Crippen LogP contribution >= 0.6 is 0 Å². The van der Waals surface area contributed by atoms with Gasteiger partial charge in [0.25, 0.3) is 0 Å². The summed E-state index contributed by atoms with van der Waals surface area (Å²) in [5, 5.41) is 20.4. The first-order chi connectivity index (χ1) is 8.76. The van der Waals surface area contributed by atoms with Crippen LogP contribution in [0.3, 0.4) is 0 Å². The molecule has 1 unspecified atom stereocenters. The van der Waals surface area contributed by atoms with E-state index >= 15 is 0 Å². The van der Waals surface area contributed by atoms with Gasteiger partial charge >= 0.3 is 12.3 Å². The number of carboxylic acid groups (broad SMARTS) is 1. The second kappa shape index (κ2) is 6.28. The number of rotatable bonds is 6. The molecule has 0 amide bonds. The van der Waals surface area contributed by atoms with E-state index < -0.39 is 24.9 Å². The monoisotopic (exact) mass is 279 g/mol. The van der Waals surface area contributed by atoms with E-state index in [1.54, 1.807) is 0 Å². The summed E-state index contributed by atoms with van der Waals surface area (Å²) >= 11 is 0. The maximum atomic E-state index is 11.9. The number of nitrogens with one attached hydrogen (secondary N) is 1. The van der Waals surface area contributed by atoms with E-state index in [-0.39, 0.29) is 12.3 Å². The molecule has 0 bridgehead atoms. The quantitative estimate of drug-likeness (QED) is 0.740. The Morgan fingerprint density at radius 3 is 2.37 bits per heavy atom. The molecule has 0 aliphatic rings. The third-order valence-corrected chi connectivity index (χ3v) is 2.04. The number of anilines is 1. The average molecular weight is 279 g/mol. The number of aliphatic hydroxyl groups is 1. The fourth-order valence-corrected chi connectivity index (χ4v) is 1.28. The van der Waals surface area contributed by atoms with Crippen LogP contribution in [-0.4, -0.2) is 35.2 Å². The van der Waals surface area contributed by atoms with Gasteiger partial charge in [0, 0.05) is 12.2 Å². The molecular formula is C11H12F3NO4. The summed E-state index contributed by atoms with van der Waals surface area (Å²) in [6.45, 7) is -0.0220. The Kier molecular flexibility index (Phi) is 4.99. The summed E-state index contributed by atoms with van der Waals surface area (Å²) in [6.07, 6.45) is -6.24. The first kappa shape index (κ1) is 15.1. The molecule has 1 rings (SSSR count). The number of alkyl halides is 3. The molecule has 3 N–H and O–H groups in total. The van der Waals surface area contributed by atoms with Gasteiger partial charge in [0.1, 0.15) is 5.75 Å². The van der Waals surface area contributed by atoms with Crippen molar-refractivity contribution in [1.82, 2.24) is 0 Å². The Bertz CT molecular complexity index is 419. The highest BCUT2D eigenvalue weighted by Gasteiger charge is 2.30. The minimum Gasteiger partial charge on any atom is -0.481 e. The molecule has 5 nitrogen and oxygen atoms in total. The number of aliphatic hydroxyl groups excluding tert-OH is 1. The molecule has 1 atom stereocenters. The van der Waals surface area contributed by atoms with Crippen molar-refractivity contribution in [2.45, 2.75) is 18.9 Å². The Morgan fingerprint density at radius 2 is 1.89 bits per heavy atom. The molecule has 0 radical (unpaired) electrons. The van der Waals surface area contributed by atoms with Crippen LogP contribution < -0.4 is 10.1 Å². The SMILES string of the molecule is O=C(O)CC(O)CNc1ccc(OC(F)(F)F)cc1. The molecule has 0 saturated heterocycles. The van der Waals surface area contributed by atoms with Gasteiger partial charge in [-0.15, -0.1) is 13.2 Å².